The molecule has 4 amide bonds. The number of piperidine rings is 2. The fourth-order valence-corrected chi connectivity index (χ4v) is 9.70. The van der Waals surface area contributed by atoms with E-state index < -0.39 is 29.4 Å². The smallest absolute Gasteiger partial charge is 0.255 e. The second-order valence-corrected chi connectivity index (χ2v) is 17.0. The van der Waals surface area contributed by atoms with Crippen LogP contribution >= 0.6 is 11.6 Å². The van der Waals surface area contributed by atoms with Crippen molar-refractivity contribution in [1.82, 2.24) is 45.0 Å². The van der Waals surface area contributed by atoms with Crippen molar-refractivity contribution in [1.29, 1.82) is 0 Å². The molecule has 0 bridgehead atoms. The van der Waals surface area contributed by atoms with Gasteiger partial charge in [-0.3, -0.25) is 29.2 Å². The molecule has 9 rings (SSSR count). The van der Waals surface area contributed by atoms with Crippen molar-refractivity contribution in [2.75, 3.05) is 57.3 Å². The molecule has 15 nitrogen and oxygen atoms in total. The Bertz CT molecular complexity index is 2650. The molecule has 3 aromatic carbocycles. The number of benzene rings is 3. The highest BCUT2D eigenvalue weighted by Gasteiger charge is 2.41. The van der Waals surface area contributed by atoms with Crippen molar-refractivity contribution in [2.45, 2.75) is 70.5 Å². The first kappa shape index (κ1) is 43.1. The van der Waals surface area contributed by atoms with Crippen LogP contribution in [0.5, 0.6) is 5.75 Å². The summed E-state index contributed by atoms with van der Waals surface area (Å²) in [6.45, 7) is 6.90. The molecule has 334 valence electrons. The number of piperazine rings is 1. The molecule has 19 heteroatoms. The zero-order valence-electron chi connectivity index (χ0n) is 35.2. The van der Waals surface area contributed by atoms with E-state index >= 15 is 8.78 Å². The van der Waals surface area contributed by atoms with Crippen LogP contribution in [0.2, 0.25) is 5.02 Å². The maximum absolute atomic E-state index is 16.5. The summed E-state index contributed by atoms with van der Waals surface area (Å²) in [5.41, 5.74) is 2.17. The first-order chi connectivity index (χ1) is 31.0. The molecule has 1 atom stereocenters. The van der Waals surface area contributed by atoms with Gasteiger partial charge >= 0.3 is 0 Å². The molecule has 0 radical (unpaired) electrons. The maximum Gasteiger partial charge on any atom is 0.255 e. The lowest BCUT2D eigenvalue weighted by Crippen LogP contribution is -2.52. The number of imide groups is 1. The Morgan fingerprint density at radius 2 is 1.75 bits per heavy atom. The standard InChI is InChI=1S/C45H46ClF3N10O5/c1-2-38(61)56-14-16-57(17-15-56)43-31-22-33(46)39(41(49)42(31)50-25-51-43)40-34(48)4-3-5-36(40)64-19-10-28-23-58(54-53-28)18-13-55-11-8-26(9-12-55)29-20-27(47)21-30-32(29)24-59(45(30)63)35-6-7-37(60)52-44(35)62/h3-5,20-23,25-26,35H,2,6-19,24H2,1H3,(H,52,60,62). The molecule has 0 saturated carbocycles. The number of halogens is 4. The normalized spacial score (nSPS) is 18.5. The average Bonchev–Trinajstić information content (AvgIpc) is 3.89. The Kier molecular flexibility index (Phi) is 12.2. The monoisotopic (exact) mass is 898 g/mol. The molecule has 64 heavy (non-hydrogen) atoms. The van der Waals surface area contributed by atoms with Crippen LogP contribution in [0.1, 0.15) is 72.1 Å². The predicted molar refractivity (Wildman–Crippen MR) is 229 cm³/mol. The molecule has 5 aromatic rings. The third kappa shape index (κ3) is 8.47. The summed E-state index contributed by atoms with van der Waals surface area (Å²) in [4.78, 5) is 66.0. The Labute approximate surface area is 371 Å². The summed E-state index contributed by atoms with van der Waals surface area (Å²) >= 11 is 6.74. The van der Waals surface area contributed by atoms with Crippen molar-refractivity contribution >= 4 is 52.0 Å². The second-order valence-electron chi connectivity index (χ2n) is 16.6. The number of hydrogen-bond acceptors (Lipinski definition) is 11. The molecule has 3 fully saturated rings. The molecule has 1 unspecified atom stereocenters. The molecule has 6 heterocycles. The molecule has 4 aliphatic rings. The zero-order chi connectivity index (χ0) is 44.6. The highest BCUT2D eigenvalue weighted by atomic mass is 35.5. The molecule has 3 saturated heterocycles. The SMILES string of the molecule is CCC(=O)N1CCN(c2ncnc3c(F)c(-c4c(F)cccc4OCCc4cn(CCN5CCC(c6cc(F)cc7c6CN(C6CCC(=O)NC6=O)C7=O)CC5)nn4)c(Cl)cc23)CC1. The van der Waals surface area contributed by atoms with Crippen LogP contribution in [-0.4, -0.2) is 122 Å². The fourth-order valence-electron chi connectivity index (χ4n) is 9.41. The second kappa shape index (κ2) is 18.2. The summed E-state index contributed by atoms with van der Waals surface area (Å²) in [6, 6.07) is 7.79. The summed E-state index contributed by atoms with van der Waals surface area (Å²) in [6.07, 6.45) is 5.75. The van der Waals surface area contributed by atoms with Gasteiger partial charge in [0.1, 0.15) is 41.1 Å². The number of aromatic nitrogens is 5. The van der Waals surface area contributed by atoms with E-state index in [1.54, 1.807) is 21.7 Å². The van der Waals surface area contributed by atoms with E-state index in [0.29, 0.717) is 69.0 Å². The molecular weight excluding hydrogens is 853 g/mol. The topological polar surface area (TPSA) is 159 Å². The summed E-state index contributed by atoms with van der Waals surface area (Å²) in [7, 11) is 0. The van der Waals surface area contributed by atoms with Crippen LogP contribution in [0, 0.1) is 17.5 Å². The molecule has 1 N–H and O–H groups in total. The van der Waals surface area contributed by atoms with Crippen LogP contribution in [0.15, 0.2) is 48.9 Å². The first-order valence-corrected chi connectivity index (χ1v) is 22.0. The number of nitrogens with one attached hydrogen (secondary N) is 1. The Morgan fingerprint density at radius 1 is 0.953 bits per heavy atom. The van der Waals surface area contributed by atoms with E-state index in [4.69, 9.17) is 16.3 Å². The molecule has 0 spiro atoms. The van der Waals surface area contributed by atoms with Gasteiger partial charge < -0.3 is 24.3 Å². The summed E-state index contributed by atoms with van der Waals surface area (Å²) in [5.74, 6) is -2.56. The lowest BCUT2D eigenvalue weighted by molar-refractivity contribution is -0.137. The zero-order valence-corrected chi connectivity index (χ0v) is 35.9. The molecule has 2 aromatic heterocycles. The number of anilines is 1. The summed E-state index contributed by atoms with van der Waals surface area (Å²) in [5, 5.41) is 11.2. The van der Waals surface area contributed by atoms with E-state index in [1.165, 1.54) is 35.5 Å². The van der Waals surface area contributed by atoms with Crippen LogP contribution in [0.4, 0.5) is 19.0 Å². The van der Waals surface area contributed by atoms with E-state index in [0.717, 1.165) is 37.1 Å². The highest BCUT2D eigenvalue weighted by molar-refractivity contribution is 6.34. The average molecular weight is 899 g/mol. The van der Waals surface area contributed by atoms with Crippen molar-refractivity contribution in [3.63, 3.8) is 0 Å². The van der Waals surface area contributed by atoms with Gasteiger partial charge in [-0.05, 0) is 79.7 Å². The van der Waals surface area contributed by atoms with Crippen LogP contribution in [0.3, 0.4) is 0 Å². The predicted octanol–water partition coefficient (Wildman–Crippen LogP) is 5.28. The third-order valence-corrected chi connectivity index (χ3v) is 13.1. The minimum absolute atomic E-state index is 0.0146. The van der Waals surface area contributed by atoms with E-state index in [2.05, 4.69) is 30.5 Å². The van der Waals surface area contributed by atoms with Crippen LogP contribution in [0.25, 0.3) is 22.0 Å². The number of nitrogens with zero attached hydrogens (tertiary/aromatic N) is 9. The van der Waals surface area contributed by atoms with Gasteiger partial charge in [-0.2, -0.15) is 0 Å². The Morgan fingerprint density at radius 3 is 2.52 bits per heavy atom. The van der Waals surface area contributed by atoms with Gasteiger partial charge in [-0.25, -0.2) is 23.1 Å². The Hall–Kier alpha value is -6.14. The number of ether oxygens (including phenoxy) is 1. The van der Waals surface area contributed by atoms with E-state index in [9.17, 15) is 23.6 Å². The third-order valence-electron chi connectivity index (χ3n) is 12.8. The van der Waals surface area contributed by atoms with Gasteiger partial charge in [0.2, 0.25) is 17.7 Å². The summed E-state index contributed by atoms with van der Waals surface area (Å²) < 4.78 is 54.8. The number of carbonyl (C=O) groups is 4. The molecule has 0 aliphatic carbocycles. The largest absolute Gasteiger partial charge is 0.492 e. The van der Waals surface area contributed by atoms with E-state index in [-0.39, 0.29) is 82.6 Å². The van der Waals surface area contributed by atoms with Gasteiger partial charge in [0.25, 0.3) is 5.91 Å². The van der Waals surface area contributed by atoms with Crippen LogP contribution < -0.4 is 15.0 Å². The van der Waals surface area contributed by atoms with Crippen molar-refractivity contribution in [3.05, 3.63) is 93.8 Å². The first-order valence-electron chi connectivity index (χ1n) is 21.6. The minimum atomic E-state index is -0.805. The number of carbonyl (C=O) groups excluding carboxylic acids is 4. The lowest BCUT2D eigenvalue weighted by atomic mass is 9.85. The van der Waals surface area contributed by atoms with Crippen LogP contribution in [-0.2, 0) is 33.9 Å². The van der Waals surface area contributed by atoms with Gasteiger partial charge in [-0.15, -0.1) is 5.10 Å². The van der Waals surface area contributed by atoms with Crippen molar-refractivity contribution < 1.29 is 37.1 Å². The van der Waals surface area contributed by atoms with Gasteiger partial charge in [0, 0.05) is 81.2 Å². The number of amides is 4. The van der Waals surface area contributed by atoms with Gasteiger partial charge in [0.05, 0.1) is 29.4 Å². The molecular formula is C45H46ClF3N10O5. The van der Waals surface area contributed by atoms with Gasteiger partial charge in [-0.1, -0.05) is 29.8 Å². The number of fused-ring (bicyclic) bond motifs is 2. The Balaban J connectivity index is 0.799. The fraction of sp³-hybridized carbons (Fsp3) is 0.422. The number of hydrogen-bond donors (Lipinski definition) is 1. The van der Waals surface area contributed by atoms with E-state index in [1.807, 2.05) is 18.0 Å². The number of rotatable bonds is 12. The lowest BCUT2D eigenvalue weighted by Gasteiger charge is -2.35. The van der Waals surface area contributed by atoms with Crippen molar-refractivity contribution in [3.8, 4) is 16.9 Å². The maximum atomic E-state index is 16.5. The highest BCUT2D eigenvalue weighted by Crippen LogP contribution is 2.43. The van der Waals surface area contributed by atoms with Crippen molar-refractivity contribution in [2.24, 2.45) is 0 Å². The minimum Gasteiger partial charge on any atom is -0.492 e. The van der Waals surface area contributed by atoms with Gasteiger partial charge in [0.15, 0.2) is 5.82 Å². The number of likely N-dealkylation sites (tertiary alicyclic amines) is 1. The quantitative estimate of drug-likeness (QED) is 0.163. The molecule has 4 aliphatic heterocycles.